The Labute approximate surface area is 210 Å². The molecule has 1 aliphatic rings. The summed E-state index contributed by atoms with van der Waals surface area (Å²) in [5, 5.41) is 13.2. The second kappa shape index (κ2) is 10.2. The van der Waals surface area contributed by atoms with E-state index in [1.54, 1.807) is 31.2 Å². The zero-order chi connectivity index (χ0) is 25.2. The predicted molar refractivity (Wildman–Crippen MR) is 139 cm³/mol. The lowest BCUT2D eigenvalue weighted by Crippen LogP contribution is -2.35. The third-order valence-corrected chi connectivity index (χ3v) is 9.24. The first kappa shape index (κ1) is 24.9. The summed E-state index contributed by atoms with van der Waals surface area (Å²) < 4.78 is 27.7. The van der Waals surface area contributed by atoms with Gasteiger partial charge >= 0.3 is 0 Å². The van der Waals surface area contributed by atoms with Crippen molar-refractivity contribution in [1.29, 1.82) is 5.26 Å². The Morgan fingerprint density at radius 2 is 1.86 bits per heavy atom. The number of nitrogens with zero attached hydrogens (tertiary/aromatic N) is 3. The largest absolute Gasteiger partial charge is 0.312 e. The fourth-order valence-corrected chi connectivity index (χ4v) is 6.93. The van der Waals surface area contributed by atoms with Crippen LogP contribution in [0.25, 0.3) is 0 Å². The Bertz CT molecular complexity index is 1360. The minimum absolute atomic E-state index is 0.109. The molecule has 0 aliphatic carbocycles. The minimum atomic E-state index is -3.77. The zero-order valence-corrected chi connectivity index (χ0v) is 21.6. The molecule has 1 aliphatic heterocycles. The van der Waals surface area contributed by atoms with Crippen molar-refractivity contribution >= 4 is 38.0 Å². The predicted octanol–water partition coefficient (Wildman–Crippen LogP) is 4.85. The molecule has 35 heavy (non-hydrogen) atoms. The van der Waals surface area contributed by atoms with Gasteiger partial charge in [-0.2, -0.15) is 5.26 Å². The van der Waals surface area contributed by atoms with Gasteiger partial charge in [0.25, 0.3) is 15.9 Å². The Kier molecular flexibility index (Phi) is 7.26. The smallest absolute Gasteiger partial charge is 0.264 e. The highest BCUT2D eigenvalue weighted by Crippen LogP contribution is 2.37. The van der Waals surface area contributed by atoms with Crippen LogP contribution in [0, 0.1) is 11.3 Å². The molecule has 0 atom stereocenters. The van der Waals surface area contributed by atoms with Crippen LogP contribution in [0.15, 0.2) is 59.5 Å². The first-order valence-electron chi connectivity index (χ1n) is 11.5. The van der Waals surface area contributed by atoms with Gasteiger partial charge in [0.1, 0.15) is 11.1 Å². The van der Waals surface area contributed by atoms with Crippen molar-refractivity contribution in [2.24, 2.45) is 0 Å². The van der Waals surface area contributed by atoms with E-state index in [1.165, 1.54) is 39.9 Å². The normalized spacial score (nSPS) is 13.8. The second-order valence-electron chi connectivity index (χ2n) is 8.62. The van der Waals surface area contributed by atoms with Crippen LogP contribution in [-0.4, -0.2) is 38.4 Å². The number of carbonyl (C=O) groups excluding carboxylic acids is 1. The standard InChI is InChI=1S/C26H28N4O3S2/c1-4-30(20-8-6-5-7-9-20)35(32,33)21-12-10-19(11-13-21)25(31)28-26-23(16-27)22-14-15-29(18(2)3)17-24(22)34-26/h5-13,18H,4,14-15,17H2,1-3H3,(H,28,31). The molecule has 0 spiro atoms. The summed E-state index contributed by atoms with van der Waals surface area (Å²) in [6, 6.07) is 17.5. The number of benzene rings is 2. The number of carbonyl (C=O) groups is 1. The lowest BCUT2D eigenvalue weighted by molar-refractivity contribution is 0.102. The molecule has 9 heteroatoms. The fraction of sp³-hybridized carbons (Fsp3) is 0.308. The molecule has 1 amide bonds. The maximum absolute atomic E-state index is 13.2. The van der Waals surface area contributed by atoms with Gasteiger partial charge in [-0.05, 0) is 69.2 Å². The number of hydrogen-bond acceptors (Lipinski definition) is 6. The highest BCUT2D eigenvalue weighted by molar-refractivity contribution is 7.92. The average Bonchev–Trinajstić information content (AvgIpc) is 3.21. The molecule has 1 N–H and O–H groups in total. The van der Waals surface area contributed by atoms with Crippen LogP contribution >= 0.6 is 11.3 Å². The van der Waals surface area contributed by atoms with Crippen molar-refractivity contribution in [2.75, 3.05) is 22.7 Å². The van der Waals surface area contributed by atoms with E-state index in [4.69, 9.17) is 0 Å². The van der Waals surface area contributed by atoms with Crippen molar-refractivity contribution in [1.82, 2.24) is 4.90 Å². The molecule has 0 saturated carbocycles. The van der Waals surface area contributed by atoms with Gasteiger partial charge in [-0.15, -0.1) is 11.3 Å². The summed E-state index contributed by atoms with van der Waals surface area (Å²) >= 11 is 1.44. The number of sulfonamides is 1. The molecule has 0 bridgehead atoms. The number of thiophene rings is 1. The number of para-hydroxylation sites is 1. The molecule has 182 valence electrons. The molecule has 1 aromatic heterocycles. The van der Waals surface area contributed by atoms with Crippen molar-refractivity contribution < 1.29 is 13.2 Å². The maximum Gasteiger partial charge on any atom is 0.264 e. The Hall–Kier alpha value is -3.19. The number of rotatable bonds is 7. The summed E-state index contributed by atoms with van der Waals surface area (Å²) in [5.41, 5.74) is 2.46. The van der Waals surface area contributed by atoms with Crippen LogP contribution in [0.3, 0.4) is 0 Å². The molecular formula is C26H28N4O3S2. The van der Waals surface area contributed by atoms with Gasteiger partial charge in [-0.25, -0.2) is 8.42 Å². The highest BCUT2D eigenvalue weighted by Gasteiger charge is 2.27. The molecule has 3 aromatic rings. The second-order valence-corrected chi connectivity index (χ2v) is 11.6. The van der Waals surface area contributed by atoms with Gasteiger partial charge in [-0.3, -0.25) is 14.0 Å². The summed E-state index contributed by atoms with van der Waals surface area (Å²) in [4.78, 5) is 16.5. The van der Waals surface area contributed by atoms with Crippen LogP contribution in [0.5, 0.6) is 0 Å². The lowest BCUT2D eigenvalue weighted by atomic mass is 10.0. The Morgan fingerprint density at radius 3 is 2.46 bits per heavy atom. The number of fused-ring (bicyclic) bond motifs is 1. The van der Waals surface area contributed by atoms with E-state index >= 15 is 0 Å². The molecule has 2 aromatic carbocycles. The van der Waals surface area contributed by atoms with Crippen LogP contribution in [0.1, 0.15) is 47.1 Å². The highest BCUT2D eigenvalue weighted by atomic mass is 32.2. The third-order valence-electron chi connectivity index (χ3n) is 6.19. The Morgan fingerprint density at radius 1 is 1.17 bits per heavy atom. The first-order valence-corrected chi connectivity index (χ1v) is 13.8. The first-order chi connectivity index (χ1) is 16.8. The van der Waals surface area contributed by atoms with Gasteiger partial charge in [0.2, 0.25) is 0 Å². The van der Waals surface area contributed by atoms with Crippen molar-refractivity contribution in [3.8, 4) is 6.07 Å². The van der Waals surface area contributed by atoms with Crippen molar-refractivity contribution in [2.45, 2.75) is 44.7 Å². The fourth-order valence-electron chi connectivity index (χ4n) is 4.24. The van der Waals surface area contributed by atoms with Gasteiger partial charge in [0, 0.05) is 36.1 Å². The quantitative estimate of drug-likeness (QED) is 0.492. The molecule has 7 nitrogen and oxygen atoms in total. The Balaban J connectivity index is 1.54. The summed E-state index contributed by atoms with van der Waals surface area (Å²) in [6.45, 7) is 8.01. The van der Waals surface area contributed by atoms with Gasteiger partial charge in [-0.1, -0.05) is 18.2 Å². The zero-order valence-electron chi connectivity index (χ0n) is 20.0. The van der Waals surface area contributed by atoms with Crippen LogP contribution in [0.4, 0.5) is 10.7 Å². The number of hydrogen-bond donors (Lipinski definition) is 1. The number of nitrogens with one attached hydrogen (secondary N) is 1. The third kappa shape index (κ3) is 4.96. The SMILES string of the molecule is CCN(c1ccccc1)S(=O)(=O)c1ccc(C(=O)Nc2sc3c(c2C#N)CCN(C(C)C)C3)cc1. The minimum Gasteiger partial charge on any atom is -0.312 e. The van der Waals surface area contributed by atoms with Crippen molar-refractivity contribution in [3.05, 3.63) is 76.2 Å². The molecular weight excluding hydrogens is 480 g/mol. The summed E-state index contributed by atoms with van der Waals surface area (Å²) in [6.07, 6.45) is 0.782. The number of amides is 1. The molecule has 2 heterocycles. The van der Waals surface area contributed by atoms with Crippen LogP contribution in [0.2, 0.25) is 0 Å². The van der Waals surface area contributed by atoms with Crippen molar-refractivity contribution in [3.63, 3.8) is 0 Å². The van der Waals surface area contributed by atoms with Crippen LogP contribution in [-0.2, 0) is 23.0 Å². The van der Waals surface area contributed by atoms with E-state index in [9.17, 15) is 18.5 Å². The number of anilines is 2. The summed E-state index contributed by atoms with van der Waals surface area (Å²) in [5.74, 6) is -0.375. The van der Waals surface area contributed by atoms with Gasteiger partial charge in [0.15, 0.2) is 0 Å². The van der Waals surface area contributed by atoms with E-state index in [0.29, 0.717) is 27.9 Å². The van der Waals surface area contributed by atoms with Gasteiger partial charge < -0.3 is 5.32 Å². The monoisotopic (exact) mass is 508 g/mol. The molecule has 0 radical (unpaired) electrons. The maximum atomic E-state index is 13.2. The van der Waals surface area contributed by atoms with E-state index in [2.05, 4.69) is 30.1 Å². The molecule has 0 unspecified atom stereocenters. The average molecular weight is 509 g/mol. The van der Waals surface area contributed by atoms with Gasteiger partial charge in [0.05, 0.1) is 16.1 Å². The number of nitriles is 1. The molecule has 0 saturated heterocycles. The van der Waals surface area contributed by atoms with E-state index < -0.39 is 10.0 Å². The lowest BCUT2D eigenvalue weighted by Gasteiger charge is -2.30. The topological polar surface area (TPSA) is 93.5 Å². The van der Waals surface area contributed by atoms with Crippen LogP contribution < -0.4 is 9.62 Å². The summed E-state index contributed by atoms with van der Waals surface area (Å²) in [7, 11) is -3.77. The molecule has 0 fully saturated rings. The van der Waals surface area contributed by atoms with E-state index in [1.807, 2.05) is 6.07 Å². The van der Waals surface area contributed by atoms with E-state index in [-0.39, 0.29) is 17.3 Å². The molecule has 4 rings (SSSR count). The van der Waals surface area contributed by atoms with E-state index in [0.717, 1.165) is 30.0 Å².